The van der Waals surface area contributed by atoms with Crippen molar-refractivity contribution in [1.29, 1.82) is 0 Å². The van der Waals surface area contributed by atoms with Gasteiger partial charge in [-0.1, -0.05) is 26.8 Å². The van der Waals surface area contributed by atoms with Crippen molar-refractivity contribution in [3.05, 3.63) is 12.7 Å². The number of carbonyl (C=O) groups excluding carboxylic acids is 2. The molecule has 0 aromatic heterocycles. The number of hydrogen-bond donors (Lipinski definition) is 2. The highest BCUT2D eigenvalue weighted by molar-refractivity contribution is 6.35. The van der Waals surface area contributed by atoms with Crippen LogP contribution in [0.2, 0.25) is 0 Å². The minimum absolute atomic E-state index is 0.0916. The first-order valence-corrected chi connectivity index (χ1v) is 5.79. The molecular weight excluding hydrogens is 216 g/mol. The number of hydrogen-bond acceptors (Lipinski definition) is 2. The molecule has 0 unspecified atom stereocenters. The van der Waals surface area contributed by atoms with E-state index in [9.17, 15) is 9.59 Å². The Morgan fingerprint density at radius 2 is 1.65 bits per heavy atom. The summed E-state index contributed by atoms with van der Waals surface area (Å²) < 4.78 is 0. The molecule has 0 spiro atoms. The maximum Gasteiger partial charge on any atom is 0.309 e. The summed E-state index contributed by atoms with van der Waals surface area (Å²) in [6.45, 7) is 13.9. The minimum atomic E-state index is -0.619. The normalized spacial score (nSPS) is 11.8. The Balaban J connectivity index is 4.36. The Bertz CT molecular complexity index is 301. The summed E-state index contributed by atoms with van der Waals surface area (Å²) in [7, 11) is 0. The molecule has 0 aliphatic rings. The fraction of sp³-hybridized carbons (Fsp3) is 0.692. The average molecular weight is 240 g/mol. The van der Waals surface area contributed by atoms with E-state index in [4.69, 9.17) is 0 Å². The van der Waals surface area contributed by atoms with Gasteiger partial charge in [-0.15, -0.1) is 6.58 Å². The molecule has 98 valence electrons. The van der Waals surface area contributed by atoms with Gasteiger partial charge < -0.3 is 10.6 Å². The van der Waals surface area contributed by atoms with Crippen LogP contribution in [0.25, 0.3) is 0 Å². The number of amides is 2. The Morgan fingerprint density at radius 3 is 2.06 bits per heavy atom. The van der Waals surface area contributed by atoms with Crippen LogP contribution < -0.4 is 10.6 Å². The minimum Gasteiger partial charge on any atom is -0.344 e. The summed E-state index contributed by atoms with van der Waals surface area (Å²) in [4.78, 5) is 23.0. The summed E-state index contributed by atoms with van der Waals surface area (Å²) in [6.07, 6.45) is 2.33. The lowest BCUT2D eigenvalue weighted by atomic mass is 9.82. The van der Waals surface area contributed by atoms with Crippen molar-refractivity contribution in [3.8, 4) is 0 Å². The first-order chi connectivity index (χ1) is 7.57. The molecule has 4 nitrogen and oxygen atoms in total. The molecule has 0 aliphatic carbocycles. The van der Waals surface area contributed by atoms with Crippen molar-refractivity contribution in [2.24, 2.45) is 5.41 Å². The molecule has 2 amide bonds. The van der Waals surface area contributed by atoms with Gasteiger partial charge in [0.1, 0.15) is 0 Å². The quantitative estimate of drug-likeness (QED) is 0.579. The number of carbonyl (C=O) groups is 2. The second kappa shape index (κ2) is 5.84. The molecule has 0 saturated carbocycles. The third-order valence-electron chi connectivity index (χ3n) is 2.04. The Hall–Kier alpha value is -1.32. The van der Waals surface area contributed by atoms with Crippen molar-refractivity contribution in [2.75, 3.05) is 6.54 Å². The van der Waals surface area contributed by atoms with E-state index in [-0.39, 0.29) is 5.41 Å². The molecular formula is C13H24N2O2. The van der Waals surface area contributed by atoms with E-state index >= 15 is 0 Å². The van der Waals surface area contributed by atoms with E-state index in [0.29, 0.717) is 6.54 Å². The fourth-order valence-corrected chi connectivity index (χ4v) is 1.98. The van der Waals surface area contributed by atoms with Gasteiger partial charge in [0.15, 0.2) is 0 Å². The molecule has 0 aromatic rings. The third kappa shape index (κ3) is 7.55. The van der Waals surface area contributed by atoms with Crippen molar-refractivity contribution >= 4 is 11.8 Å². The van der Waals surface area contributed by atoms with Crippen LogP contribution in [0.1, 0.15) is 41.0 Å². The van der Waals surface area contributed by atoms with Gasteiger partial charge in [0.2, 0.25) is 0 Å². The molecule has 0 saturated heterocycles. The zero-order valence-corrected chi connectivity index (χ0v) is 11.5. The van der Waals surface area contributed by atoms with Crippen LogP contribution in [0.4, 0.5) is 0 Å². The predicted molar refractivity (Wildman–Crippen MR) is 69.5 cm³/mol. The van der Waals surface area contributed by atoms with Gasteiger partial charge in [-0.05, 0) is 25.7 Å². The van der Waals surface area contributed by atoms with Gasteiger partial charge in [0.25, 0.3) is 0 Å². The topological polar surface area (TPSA) is 58.2 Å². The van der Waals surface area contributed by atoms with E-state index in [1.807, 2.05) is 13.8 Å². The molecule has 4 heteroatoms. The largest absolute Gasteiger partial charge is 0.344 e. The van der Waals surface area contributed by atoms with Crippen LogP contribution in [-0.2, 0) is 9.59 Å². The Morgan fingerprint density at radius 1 is 1.12 bits per heavy atom. The smallest absolute Gasteiger partial charge is 0.309 e. The van der Waals surface area contributed by atoms with Crippen LogP contribution in [0, 0.1) is 5.41 Å². The molecule has 0 fully saturated rings. The zero-order valence-electron chi connectivity index (χ0n) is 11.5. The summed E-state index contributed by atoms with van der Waals surface area (Å²) in [6, 6.07) is 0. The van der Waals surface area contributed by atoms with Gasteiger partial charge in [-0.2, -0.15) is 0 Å². The highest BCUT2D eigenvalue weighted by Crippen LogP contribution is 2.26. The molecule has 0 aromatic carbocycles. The molecule has 0 atom stereocenters. The van der Waals surface area contributed by atoms with Gasteiger partial charge >= 0.3 is 11.8 Å². The van der Waals surface area contributed by atoms with Crippen LogP contribution in [0.5, 0.6) is 0 Å². The van der Waals surface area contributed by atoms with E-state index < -0.39 is 17.4 Å². The lowest BCUT2D eigenvalue weighted by Crippen LogP contribution is -2.51. The van der Waals surface area contributed by atoms with Crippen molar-refractivity contribution in [3.63, 3.8) is 0 Å². The van der Waals surface area contributed by atoms with Crippen LogP contribution in [-0.4, -0.2) is 23.9 Å². The Kier molecular flexibility index (Phi) is 5.39. The van der Waals surface area contributed by atoms with E-state index in [1.165, 1.54) is 6.08 Å². The van der Waals surface area contributed by atoms with E-state index in [2.05, 4.69) is 38.0 Å². The standard InChI is InChI=1S/C13H24N2O2/c1-7-8-14-10(16)11(17)15-13(5,6)9-12(2,3)4/h7H,1,8-9H2,2-6H3,(H,14,16)(H,15,17). The molecule has 17 heavy (non-hydrogen) atoms. The predicted octanol–water partition coefficient (Wildman–Crippen LogP) is 1.62. The molecule has 0 bridgehead atoms. The van der Waals surface area contributed by atoms with Gasteiger partial charge in [-0.25, -0.2) is 0 Å². The summed E-state index contributed by atoms with van der Waals surface area (Å²) in [5.74, 6) is -1.21. The number of rotatable bonds is 4. The molecule has 2 N–H and O–H groups in total. The first-order valence-electron chi connectivity index (χ1n) is 5.79. The summed E-state index contributed by atoms with van der Waals surface area (Å²) in [5, 5.41) is 5.18. The second-order valence-electron chi connectivity index (χ2n) is 6.07. The molecule has 0 radical (unpaired) electrons. The highest BCUT2D eigenvalue weighted by atomic mass is 16.2. The van der Waals surface area contributed by atoms with Crippen LogP contribution >= 0.6 is 0 Å². The van der Waals surface area contributed by atoms with Crippen molar-refractivity contribution in [1.82, 2.24) is 10.6 Å². The fourth-order valence-electron chi connectivity index (χ4n) is 1.98. The Labute approximate surface area is 104 Å². The van der Waals surface area contributed by atoms with Crippen molar-refractivity contribution in [2.45, 2.75) is 46.6 Å². The highest BCUT2D eigenvalue weighted by Gasteiger charge is 2.28. The zero-order chi connectivity index (χ0) is 13.7. The average Bonchev–Trinajstić information content (AvgIpc) is 2.08. The first kappa shape index (κ1) is 15.7. The van der Waals surface area contributed by atoms with Crippen LogP contribution in [0.15, 0.2) is 12.7 Å². The lowest BCUT2D eigenvalue weighted by molar-refractivity contribution is -0.140. The number of nitrogens with one attached hydrogen (secondary N) is 2. The second-order valence-corrected chi connectivity index (χ2v) is 6.07. The summed E-state index contributed by atoms with van der Waals surface area (Å²) >= 11 is 0. The van der Waals surface area contributed by atoms with Gasteiger partial charge in [0, 0.05) is 12.1 Å². The van der Waals surface area contributed by atoms with Gasteiger partial charge in [-0.3, -0.25) is 9.59 Å². The maximum atomic E-state index is 11.6. The van der Waals surface area contributed by atoms with Gasteiger partial charge in [0.05, 0.1) is 0 Å². The maximum absolute atomic E-state index is 11.6. The molecule has 0 heterocycles. The SMILES string of the molecule is C=CCNC(=O)C(=O)NC(C)(C)CC(C)(C)C. The van der Waals surface area contributed by atoms with Crippen LogP contribution in [0.3, 0.4) is 0 Å². The molecule has 0 aliphatic heterocycles. The monoisotopic (exact) mass is 240 g/mol. The van der Waals surface area contributed by atoms with E-state index in [0.717, 1.165) is 6.42 Å². The summed E-state index contributed by atoms with van der Waals surface area (Å²) in [5.41, 5.74) is -0.310. The lowest BCUT2D eigenvalue weighted by Gasteiger charge is -2.33. The third-order valence-corrected chi connectivity index (χ3v) is 2.04. The van der Waals surface area contributed by atoms with Crippen molar-refractivity contribution < 1.29 is 9.59 Å². The van der Waals surface area contributed by atoms with E-state index in [1.54, 1.807) is 0 Å². The molecule has 0 rings (SSSR count).